The largest absolute Gasteiger partial charge is 0.497 e. The number of fused-ring (bicyclic) bond motifs is 1. The highest BCUT2D eigenvalue weighted by atomic mass is 16.5. The summed E-state index contributed by atoms with van der Waals surface area (Å²) in [5.74, 6) is 1.19. The van der Waals surface area contributed by atoms with E-state index in [-0.39, 0.29) is 17.1 Å². The first kappa shape index (κ1) is 22.9. The van der Waals surface area contributed by atoms with Crippen molar-refractivity contribution in [2.24, 2.45) is 5.41 Å². The first-order chi connectivity index (χ1) is 16.7. The van der Waals surface area contributed by atoms with Crippen molar-refractivity contribution in [3.63, 3.8) is 0 Å². The van der Waals surface area contributed by atoms with E-state index < -0.39 is 6.04 Å². The molecule has 35 heavy (non-hydrogen) atoms. The van der Waals surface area contributed by atoms with Gasteiger partial charge in [-0.3, -0.25) is 9.59 Å². The van der Waals surface area contributed by atoms with Crippen LogP contribution in [-0.2, 0) is 4.79 Å². The number of benzene rings is 2. The van der Waals surface area contributed by atoms with Crippen LogP contribution in [0.15, 0.2) is 59.9 Å². The number of Topliss-reactive ketones (excluding diaryl/α,β-unsaturated/α-hetero) is 1. The molecule has 180 valence electrons. The summed E-state index contributed by atoms with van der Waals surface area (Å²) in [6.07, 6.45) is 2.75. The number of methoxy groups -OCH3 is 1. The second kappa shape index (κ2) is 8.41. The van der Waals surface area contributed by atoms with Crippen molar-refractivity contribution in [2.45, 2.75) is 46.6 Å². The molecule has 7 nitrogen and oxygen atoms in total. The summed E-state index contributed by atoms with van der Waals surface area (Å²) in [7, 11) is 1.62. The van der Waals surface area contributed by atoms with Gasteiger partial charge in [0.05, 0.1) is 13.3 Å². The molecule has 1 aliphatic carbocycles. The van der Waals surface area contributed by atoms with Crippen molar-refractivity contribution >= 4 is 23.2 Å². The lowest BCUT2D eigenvalue weighted by Gasteiger charge is -2.39. The molecule has 1 aromatic heterocycles. The molecule has 0 spiro atoms. The lowest BCUT2D eigenvalue weighted by atomic mass is 9.73. The number of rotatable bonds is 4. The number of hydrogen-bond donors (Lipinski definition) is 2. The van der Waals surface area contributed by atoms with E-state index in [0.29, 0.717) is 29.8 Å². The van der Waals surface area contributed by atoms with Crippen molar-refractivity contribution in [1.29, 1.82) is 0 Å². The molecule has 5 rings (SSSR count). The van der Waals surface area contributed by atoms with Gasteiger partial charge in [-0.15, -0.1) is 0 Å². The molecule has 2 aromatic carbocycles. The maximum atomic E-state index is 13.4. The maximum absolute atomic E-state index is 13.4. The highest BCUT2D eigenvalue weighted by Crippen LogP contribution is 2.46. The number of amides is 1. The summed E-state index contributed by atoms with van der Waals surface area (Å²) in [5, 5.41) is 11.0. The Morgan fingerprint density at radius 3 is 2.54 bits per heavy atom. The summed E-state index contributed by atoms with van der Waals surface area (Å²) in [5.41, 5.74) is 5.76. The van der Waals surface area contributed by atoms with Gasteiger partial charge in [0.25, 0.3) is 5.91 Å². The molecule has 0 unspecified atom stereocenters. The predicted molar refractivity (Wildman–Crippen MR) is 136 cm³/mol. The molecule has 3 aromatic rings. The second-order valence-electron chi connectivity index (χ2n) is 10.2. The van der Waals surface area contributed by atoms with Crippen LogP contribution in [0.3, 0.4) is 0 Å². The van der Waals surface area contributed by atoms with Crippen LogP contribution < -0.4 is 15.4 Å². The van der Waals surface area contributed by atoms with Crippen LogP contribution in [0.5, 0.6) is 5.75 Å². The summed E-state index contributed by atoms with van der Waals surface area (Å²) in [6, 6.07) is 13.1. The predicted octanol–water partition coefficient (Wildman–Crippen LogP) is 5.42. The quantitative estimate of drug-likeness (QED) is 0.532. The minimum atomic E-state index is -0.418. The third-order valence-corrected chi connectivity index (χ3v) is 6.94. The van der Waals surface area contributed by atoms with Gasteiger partial charge >= 0.3 is 0 Å². The summed E-state index contributed by atoms with van der Waals surface area (Å²) in [4.78, 5) is 26.7. The fraction of sp³-hybridized carbons (Fsp3) is 0.321. The number of aryl methyl sites for hydroxylation is 2. The summed E-state index contributed by atoms with van der Waals surface area (Å²) in [6.45, 7) is 8.25. The number of nitrogens with zero attached hydrogens (tertiary/aromatic N) is 2. The van der Waals surface area contributed by atoms with Crippen molar-refractivity contribution in [3.8, 4) is 5.75 Å². The van der Waals surface area contributed by atoms with Crippen LogP contribution in [0.4, 0.5) is 11.5 Å². The van der Waals surface area contributed by atoms with Crippen molar-refractivity contribution < 1.29 is 14.3 Å². The number of ether oxygens (including phenoxy) is 1. The fourth-order valence-electron chi connectivity index (χ4n) is 4.99. The van der Waals surface area contributed by atoms with E-state index in [2.05, 4.69) is 29.6 Å². The highest BCUT2D eigenvalue weighted by molar-refractivity contribution is 6.08. The monoisotopic (exact) mass is 470 g/mol. The van der Waals surface area contributed by atoms with Gasteiger partial charge in [-0.05, 0) is 66.6 Å². The molecule has 2 heterocycles. The molecule has 1 amide bonds. The van der Waals surface area contributed by atoms with Gasteiger partial charge in [-0.1, -0.05) is 32.0 Å². The maximum Gasteiger partial charge on any atom is 0.261 e. The third-order valence-electron chi connectivity index (χ3n) is 6.94. The molecule has 0 saturated carbocycles. The van der Waals surface area contributed by atoms with Crippen LogP contribution in [0.25, 0.3) is 0 Å². The molecule has 0 fully saturated rings. The number of carbonyl (C=O) groups excluding carboxylic acids is 2. The zero-order chi connectivity index (χ0) is 24.9. The number of nitrogens with one attached hydrogen (secondary N) is 2. The molecular formula is C28H30N4O3. The number of carbonyl (C=O) groups is 2. The zero-order valence-corrected chi connectivity index (χ0v) is 20.7. The second-order valence-corrected chi connectivity index (χ2v) is 10.2. The van der Waals surface area contributed by atoms with Crippen LogP contribution >= 0.6 is 0 Å². The molecule has 2 aliphatic rings. The summed E-state index contributed by atoms with van der Waals surface area (Å²) < 4.78 is 7.08. The molecule has 1 atom stereocenters. The Morgan fingerprint density at radius 1 is 1.11 bits per heavy atom. The Hall–Kier alpha value is -3.87. The standard InChI is InChI=1S/C28H30N4O3/c1-16-6-9-19(12-17(16)2)30-27(34)21-15-29-32-25(18-7-10-20(35-5)11-8-18)24-22(31-26(21)32)13-28(3,4)14-23(24)33/h6-12,15,25,31H,13-14H2,1-5H3,(H,30,34)/t25-/m0/s1. The smallest absolute Gasteiger partial charge is 0.261 e. The van der Waals surface area contributed by atoms with Crippen LogP contribution in [-0.4, -0.2) is 28.6 Å². The minimum Gasteiger partial charge on any atom is -0.497 e. The molecule has 7 heteroatoms. The minimum absolute atomic E-state index is 0.104. The Labute approximate surface area is 205 Å². The van der Waals surface area contributed by atoms with E-state index in [9.17, 15) is 9.59 Å². The molecule has 2 N–H and O–H groups in total. The van der Waals surface area contributed by atoms with E-state index in [0.717, 1.165) is 28.3 Å². The Morgan fingerprint density at radius 2 is 1.86 bits per heavy atom. The molecular weight excluding hydrogens is 440 g/mol. The van der Waals surface area contributed by atoms with Crippen molar-refractivity contribution in [2.75, 3.05) is 17.7 Å². The molecule has 0 radical (unpaired) electrons. The topological polar surface area (TPSA) is 85.2 Å². The number of allylic oxidation sites excluding steroid dienone is 2. The van der Waals surface area contributed by atoms with Gasteiger partial charge in [0.2, 0.25) is 0 Å². The van der Waals surface area contributed by atoms with Crippen molar-refractivity contribution in [1.82, 2.24) is 9.78 Å². The SMILES string of the molecule is COc1ccc([C@H]2C3=C(CC(C)(C)CC3=O)Nc3c(C(=O)Nc4ccc(C)c(C)c4)cnn32)cc1. The molecule has 0 saturated heterocycles. The van der Waals surface area contributed by atoms with Crippen LogP contribution in [0, 0.1) is 19.3 Å². The van der Waals surface area contributed by atoms with Crippen LogP contribution in [0.2, 0.25) is 0 Å². The van der Waals surface area contributed by atoms with E-state index in [4.69, 9.17) is 4.74 Å². The van der Waals surface area contributed by atoms with E-state index in [1.54, 1.807) is 18.0 Å². The lowest BCUT2D eigenvalue weighted by molar-refractivity contribution is -0.118. The average molecular weight is 471 g/mol. The zero-order valence-electron chi connectivity index (χ0n) is 20.7. The number of aromatic nitrogens is 2. The Bertz CT molecular complexity index is 1370. The normalized spacial score (nSPS) is 18.4. The van der Waals surface area contributed by atoms with Gasteiger partial charge < -0.3 is 15.4 Å². The molecule has 1 aliphatic heterocycles. The van der Waals surface area contributed by atoms with Gasteiger partial charge in [0.1, 0.15) is 23.2 Å². The van der Waals surface area contributed by atoms with Gasteiger partial charge in [-0.2, -0.15) is 5.10 Å². The number of hydrogen-bond acceptors (Lipinski definition) is 5. The van der Waals surface area contributed by atoms with Gasteiger partial charge in [0, 0.05) is 23.4 Å². The Balaban J connectivity index is 1.57. The summed E-state index contributed by atoms with van der Waals surface area (Å²) >= 11 is 0. The first-order valence-corrected chi connectivity index (χ1v) is 11.8. The lowest BCUT2D eigenvalue weighted by Crippen LogP contribution is -2.37. The van der Waals surface area contributed by atoms with Gasteiger partial charge in [-0.25, -0.2) is 4.68 Å². The number of anilines is 2. The number of ketones is 1. The highest BCUT2D eigenvalue weighted by Gasteiger charge is 2.42. The van der Waals surface area contributed by atoms with Crippen LogP contribution in [0.1, 0.15) is 59.8 Å². The van der Waals surface area contributed by atoms with E-state index in [1.165, 1.54) is 5.56 Å². The van der Waals surface area contributed by atoms with Crippen molar-refractivity contribution in [3.05, 3.63) is 82.2 Å². The fourth-order valence-corrected chi connectivity index (χ4v) is 4.99. The first-order valence-electron chi connectivity index (χ1n) is 11.8. The third kappa shape index (κ3) is 4.11. The molecule has 0 bridgehead atoms. The Kier molecular flexibility index (Phi) is 5.50. The average Bonchev–Trinajstić information content (AvgIpc) is 3.23. The van der Waals surface area contributed by atoms with Gasteiger partial charge in [0.15, 0.2) is 5.78 Å². The van der Waals surface area contributed by atoms with E-state index in [1.807, 2.05) is 56.3 Å². The van der Waals surface area contributed by atoms with E-state index >= 15 is 0 Å².